The second kappa shape index (κ2) is 7.09. The first-order valence-electron chi connectivity index (χ1n) is 9.84. The average molecular weight is 382 g/mol. The molecule has 0 bridgehead atoms. The highest BCUT2D eigenvalue weighted by Crippen LogP contribution is 2.38. The van der Waals surface area contributed by atoms with Crippen molar-refractivity contribution in [3.05, 3.63) is 95.4 Å². The smallest absolute Gasteiger partial charge is 0.322 e. The second-order valence-electron chi connectivity index (χ2n) is 7.49. The standard InChI is InChI=1S/C24H22N4O/c1-16-8-10-18(11-9-16)26-24(29)28-14-12-20-19-6-2-3-7-21(19)27-22(20)23(28)17-5-4-13-25-15-17/h2-11,13,15,23,27H,12,14H2,1H3,(H,26,29)/t23-/m1/s1. The molecule has 1 aliphatic rings. The largest absolute Gasteiger partial charge is 0.356 e. The molecule has 0 unspecified atom stereocenters. The summed E-state index contributed by atoms with van der Waals surface area (Å²) in [6.07, 6.45) is 4.42. The van der Waals surface area contributed by atoms with Crippen molar-refractivity contribution in [2.24, 2.45) is 0 Å². The van der Waals surface area contributed by atoms with Gasteiger partial charge in [-0.3, -0.25) is 4.98 Å². The summed E-state index contributed by atoms with van der Waals surface area (Å²) >= 11 is 0. The van der Waals surface area contributed by atoms with Gasteiger partial charge in [0.25, 0.3) is 0 Å². The van der Waals surface area contributed by atoms with Gasteiger partial charge in [-0.25, -0.2) is 4.79 Å². The summed E-state index contributed by atoms with van der Waals surface area (Å²) in [7, 11) is 0. The zero-order valence-electron chi connectivity index (χ0n) is 16.2. The van der Waals surface area contributed by atoms with E-state index in [9.17, 15) is 4.79 Å². The summed E-state index contributed by atoms with van der Waals surface area (Å²) in [5.41, 5.74) is 6.43. The first kappa shape index (κ1) is 17.5. The Morgan fingerprint density at radius 2 is 1.93 bits per heavy atom. The van der Waals surface area contributed by atoms with E-state index < -0.39 is 0 Å². The van der Waals surface area contributed by atoms with Crippen molar-refractivity contribution in [1.29, 1.82) is 0 Å². The predicted molar refractivity (Wildman–Crippen MR) is 115 cm³/mol. The number of para-hydroxylation sites is 1. The molecule has 2 aromatic heterocycles. The summed E-state index contributed by atoms with van der Waals surface area (Å²) in [5, 5.41) is 4.29. The van der Waals surface area contributed by atoms with Crippen LogP contribution in [0, 0.1) is 6.92 Å². The summed E-state index contributed by atoms with van der Waals surface area (Å²) in [6, 6.07) is 19.8. The van der Waals surface area contributed by atoms with E-state index >= 15 is 0 Å². The van der Waals surface area contributed by atoms with Crippen LogP contribution in [0.5, 0.6) is 0 Å². The van der Waals surface area contributed by atoms with Crippen LogP contribution in [-0.4, -0.2) is 27.4 Å². The van der Waals surface area contributed by atoms with Crippen LogP contribution in [0.2, 0.25) is 0 Å². The lowest BCUT2D eigenvalue weighted by molar-refractivity contribution is 0.193. The maximum atomic E-state index is 13.2. The van der Waals surface area contributed by atoms with E-state index in [2.05, 4.69) is 33.5 Å². The number of hydrogen-bond acceptors (Lipinski definition) is 2. The lowest BCUT2D eigenvalue weighted by Gasteiger charge is -2.36. The van der Waals surface area contributed by atoms with Crippen LogP contribution in [0.3, 0.4) is 0 Å². The van der Waals surface area contributed by atoms with Crippen molar-refractivity contribution in [2.45, 2.75) is 19.4 Å². The summed E-state index contributed by atoms with van der Waals surface area (Å²) < 4.78 is 0. The van der Waals surface area contributed by atoms with Crippen molar-refractivity contribution < 1.29 is 4.79 Å². The summed E-state index contributed by atoms with van der Waals surface area (Å²) in [4.78, 5) is 23.0. The zero-order chi connectivity index (χ0) is 19.8. The van der Waals surface area contributed by atoms with Gasteiger partial charge in [-0.2, -0.15) is 0 Å². The molecule has 144 valence electrons. The van der Waals surface area contributed by atoms with Gasteiger partial charge < -0.3 is 15.2 Å². The number of pyridine rings is 1. The molecule has 0 fully saturated rings. The fourth-order valence-electron chi connectivity index (χ4n) is 4.18. The minimum absolute atomic E-state index is 0.105. The Balaban J connectivity index is 1.56. The molecule has 0 saturated carbocycles. The Morgan fingerprint density at radius 1 is 1.10 bits per heavy atom. The van der Waals surface area contributed by atoms with E-state index in [-0.39, 0.29) is 12.1 Å². The van der Waals surface area contributed by atoms with Crippen molar-refractivity contribution in [3.63, 3.8) is 0 Å². The third-order valence-corrected chi connectivity index (χ3v) is 5.60. The SMILES string of the molecule is Cc1ccc(NC(=O)N2CCc3c([nH]c4ccccc34)[C@H]2c2cccnc2)cc1. The minimum Gasteiger partial charge on any atom is -0.356 e. The maximum Gasteiger partial charge on any atom is 0.322 e. The van der Waals surface area contributed by atoms with Crippen LogP contribution in [-0.2, 0) is 6.42 Å². The highest BCUT2D eigenvalue weighted by atomic mass is 16.2. The molecule has 5 rings (SSSR count). The van der Waals surface area contributed by atoms with Gasteiger partial charge in [0.1, 0.15) is 6.04 Å². The normalized spacial score (nSPS) is 15.9. The number of rotatable bonds is 2. The van der Waals surface area contributed by atoms with Gasteiger partial charge in [0.2, 0.25) is 0 Å². The van der Waals surface area contributed by atoms with E-state index in [1.54, 1.807) is 6.20 Å². The molecule has 4 aromatic rings. The second-order valence-corrected chi connectivity index (χ2v) is 7.49. The van der Waals surface area contributed by atoms with Crippen LogP contribution in [0.25, 0.3) is 10.9 Å². The maximum absolute atomic E-state index is 13.2. The average Bonchev–Trinajstić information content (AvgIpc) is 3.14. The quantitative estimate of drug-likeness (QED) is 0.510. The fourth-order valence-corrected chi connectivity index (χ4v) is 4.18. The third kappa shape index (κ3) is 3.14. The van der Waals surface area contributed by atoms with Crippen molar-refractivity contribution >= 4 is 22.6 Å². The Labute approximate surface area is 169 Å². The molecule has 2 amide bonds. The monoisotopic (exact) mass is 382 g/mol. The van der Waals surface area contributed by atoms with Crippen molar-refractivity contribution in [3.8, 4) is 0 Å². The van der Waals surface area contributed by atoms with Gasteiger partial charge in [0, 0.05) is 41.2 Å². The van der Waals surface area contributed by atoms with E-state index in [4.69, 9.17) is 0 Å². The van der Waals surface area contributed by atoms with Gasteiger partial charge in [0.05, 0.1) is 0 Å². The minimum atomic E-state index is -0.203. The highest BCUT2D eigenvalue weighted by molar-refractivity contribution is 5.91. The molecular formula is C24H22N4O. The number of aromatic amines is 1. The van der Waals surface area contributed by atoms with Crippen LogP contribution in [0.15, 0.2) is 73.1 Å². The zero-order valence-corrected chi connectivity index (χ0v) is 16.2. The number of anilines is 1. The number of fused-ring (bicyclic) bond motifs is 3. The predicted octanol–water partition coefficient (Wildman–Crippen LogP) is 5.05. The number of benzene rings is 2. The van der Waals surface area contributed by atoms with Crippen molar-refractivity contribution in [1.82, 2.24) is 14.9 Å². The Bertz CT molecular complexity index is 1160. The molecular weight excluding hydrogens is 360 g/mol. The summed E-state index contributed by atoms with van der Waals surface area (Å²) in [5.74, 6) is 0. The molecule has 0 spiro atoms. The van der Waals surface area contributed by atoms with E-state index in [1.807, 2.05) is 60.5 Å². The highest BCUT2D eigenvalue weighted by Gasteiger charge is 2.34. The molecule has 5 nitrogen and oxygen atoms in total. The van der Waals surface area contributed by atoms with Gasteiger partial charge in [-0.05, 0) is 48.7 Å². The number of amides is 2. The molecule has 1 atom stereocenters. The van der Waals surface area contributed by atoms with Gasteiger partial charge in [-0.15, -0.1) is 0 Å². The molecule has 0 saturated heterocycles. The first-order chi connectivity index (χ1) is 14.2. The number of H-pyrrole nitrogens is 1. The number of nitrogens with one attached hydrogen (secondary N) is 2. The molecule has 1 aliphatic heterocycles. The van der Waals surface area contributed by atoms with Crippen LogP contribution < -0.4 is 5.32 Å². The number of urea groups is 1. The topological polar surface area (TPSA) is 61.0 Å². The van der Waals surface area contributed by atoms with E-state index in [0.717, 1.165) is 34.4 Å². The molecule has 0 aliphatic carbocycles. The van der Waals surface area contributed by atoms with Gasteiger partial charge in [-0.1, -0.05) is 42.0 Å². The van der Waals surface area contributed by atoms with Gasteiger partial charge in [0.15, 0.2) is 0 Å². The van der Waals surface area contributed by atoms with Crippen LogP contribution >= 0.6 is 0 Å². The molecule has 2 aromatic carbocycles. The third-order valence-electron chi connectivity index (χ3n) is 5.60. The van der Waals surface area contributed by atoms with E-state index in [1.165, 1.54) is 10.9 Å². The fraction of sp³-hybridized carbons (Fsp3) is 0.167. The Morgan fingerprint density at radius 3 is 2.72 bits per heavy atom. The lowest BCUT2D eigenvalue weighted by atomic mass is 9.93. The van der Waals surface area contributed by atoms with E-state index in [0.29, 0.717) is 6.54 Å². The number of hydrogen-bond donors (Lipinski definition) is 2. The molecule has 2 N–H and O–H groups in total. The Kier molecular flexibility index (Phi) is 4.28. The molecule has 5 heteroatoms. The molecule has 0 radical (unpaired) electrons. The Hall–Kier alpha value is -3.60. The molecule has 29 heavy (non-hydrogen) atoms. The number of carbonyl (C=O) groups is 1. The van der Waals surface area contributed by atoms with Crippen LogP contribution in [0.1, 0.15) is 28.4 Å². The summed E-state index contributed by atoms with van der Waals surface area (Å²) in [6.45, 7) is 2.68. The number of nitrogens with zero attached hydrogens (tertiary/aromatic N) is 2. The van der Waals surface area contributed by atoms with Crippen LogP contribution in [0.4, 0.5) is 10.5 Å². The number of aryl methyl sites for hydroxylation is 1. The number of carbonyl (C=O) groups excluding carboxylic acids is 1. The number of aromatic nitrogens is 2. The first-order valence-corrected chi connectivity index (χ1v) is 9.84. The van der Waals surface area contributed by atoms with Crippen molar-refractivity contribution in [2.75, 3.05) is 11.9 Å². The molecule has 3 heterocycles. The lowest BCUT2D eigenvalue weighted by Crippen LogP contribution is -2.43. The van der Waals surface area contributed by atoms with Gasteiger partial charge >= 0.3 is 6.03 Å².